The highest BCUT2D eigenvalue weighted by Gasteiger charge is 2.14. The number of hydrogen-bond donors (Lipinski definition) is 1. The summed E-state index contributed by atoms with van der Waals surface area (Å²) in [7, 11) is 1.70. The van der Waals surface area contributed by atoms with Gasteiger partial charge in [-0.2, -0.15) is 0 Å². The molecule has 2 rings (SSSR count). The van der Waals surface area contributed by atoms with Crippen LogP contribution in [0.3, 0.4) is 0 Å². The van der Waals surface area contributed by atoms with E-state index in [2.05, 4.69) is 10.3 Å². The van der Waals surface area contributed by atoms with Crippen LogP contribution in [0, 0.1) is 6.92 Å². The van der Waals surface area contributed by atoms with Crippen molar-refractivity contribution in [2.75, 3.05) is 7.11 Å². The molecule has 1 aliphatic carbocycles. The van der Waals surface area contributed by atoms with Crippen molar-refractivity contribution >= 4 is 0 Å². The van der Waals surface area contributed by atoms with Crippen molar-refractivity contribution in [3.8, 4) is 5.75 Å². The SMILES string of the molecule is COc1cc(C)nc(CNC2CCCC2)c1. The molecule has 1 fully saturated rings. The first kappa shape index (κ1) is 11.4. The molecule has 1 aromatic rings. The third-order valence-electron chi connectivity index (χ3n) is 3.14. The topological polar surface area (TPSA) is 34.1 Å². The minimum absolute atomic E-state index is 0.688. The summed E-state index contributed by atoms with van der Waals surface area (Å²) >= 11 is 0. The van der Waals surface area contributed by atoms with Crippen molar-refractivity contribution in [1.82, 2.24) is 10.3 Å². The lowest BCUT2D eigenvalue weighted by Crippen LogP contribution is -2.25. The van der Waals surface area contributed by atoms with E-state index in [4.69, 9.17) is 4.74 Å². The van der Waals surface area contributed by atoms with Crippen molar-refractivity contribution in [3.63, 3.8) is 0 Å². The van der Waals surface area contributed by atoms with E-state index < -0.39 is 0 Å². The fraction of sp³-hybridized carbons (Fsp3) is 0.615. The zero-order chi connectivity index (χ0) is 11.4. The quantitative estimate of drug-likeness (QED) is 0.846. The molecule has 0 aliphatic heterocycles. The van der Waals surface area contributed by atoms with E-state index in [1.165, 1.54) is 25.7 Å². The Morgan fingerprint density at radius 2 is 2.12 bits per heavy atom. The van der Waals surface area contributed by atoms with Gasteiger partial charge in [0.15, 0.2) is 0 Å². The minimum atomic E-state index is 0.688. The summed E-state index contributed by atoms with van der Waals surface area (Å²) in [6, 6.07) is 4.65. The zero-order valence-electron chi connectivity index (χ0n) is 10.1. The highest BCUT2D eigenvalue weighted by Crippen LogP contribution is 2.18. The monoisotopic (exact) mass is 220 g/mol. The predicted molar refractivity (Wildman–Crippen MR) is 64.6 cm³/mol. The van der Waals surface area contributed by atoms with Gasteiger partial charge in [-0.25, -0.2) is 0 Å². The Labute approximate surface area is 97.2 Å². The highest BCUT2D eigenvalue weighted by atomic mass is 16.5. The molecule has 16 heavy (non-hydrogen) atoms. The van der Waals surface area contributed by atoms with Crippen molar-refractivity contribution in [3.05, 3.63) is 23.5 Å². The van der Waals surface area contributed by atoms with Crippen LogP contribution in [-0.2, 0) is 6.54 Å². The number of aromatic nitrogens is 1. The van der Waals surface area contributed by atoms with Crippen LogP contribution in [0.1, 0.15) is 37.1 Å². The molecule has 0 bridgehead atoms. The normalized spacial score (nSPS) is 16.6. The van der Waals surface area contributed by atoms with Crippen LogP contribution in [0.25, 0.3) is 0 Å². The molecular formula is C13H20N2O. The number of aryl methyl sites for hydroxylation is 1. The number of rotatable bonds is 4. The Morgan fingerprint density at radius 3 is 2.81 bits per heavy atom. The van der Waals surface area contributed by atoms with Crippen LogP contribution < -0.4 is 10.1 Å². The lowest BCUT2D eigenvalue weighted by atomic mass is 10.2. The van der Waals surface area contributed by atoms with Gasteiger partial charge < -0.3 is 10.1 Å². The summed E-state index contributed by atoms with van der Waals surface area (Å²) in [4.78, 5) is 4.50. The molecule has 88 valence electrons. The largest absolute Gasteiger partial charge is 0.497 e. The number of pyridine rings is 1. The molecule has 1 heterocycles. The van der Waals surface area contributed by atoms with Gasteiger partial charge in [-0.15, -0.1) is 0 Å². The summed E-state index contributed by atoms with van der Waals surface area (Å²) in [5.41, 5.74) is 2.09. The van der Waals surface area contributed by atoms with E-state index in [1.54, 1.807) is 7.11 Å². The number of hydrogen-bond acceptors (Lipinski definition) is 3. The van der Waals surface area contributed by atoms with Gasteiger partial charge in [0.1, 0.15) is 5.75 Å². The molecule has 0 radical (unpaired) electrons. The van der Waals surface area contributed by atoms with Crippen LogP contribution >= 0.6 is 0 Å². The van der Waals surface area contributed by atoms with E-state index in [9.17, 15) is 0 Å². The van der Waals surface area contributed by atoms with Crippen LogP contribution in [0.2, 0.25) is 0 Å². The van der Waals surface area contributed by atoms with E-state index in [-0.39, 0.29) is 0 Å². The first-order valence-electron chi connectivity index (χ1n) is 6.03. The summed E-state index contributed by atoms with van der Waals surface area (Å²) in [5, 5.41) is 3.56. The molecule has 0 aromatic carbocycles. The number of nitrogens with zero attached hydrogens (tertiary/aromatic N) is 1. The Hall–Kier alpha value is -1.09. The summed E-state index contributed by atoms with van der Waals surface area (Å²) in [6.07, 6.45) is 5.34. The molecule has 1 N–H and O–H groups in total. The molecule has 0 spiro atoms. The van der Waals surface area contributed by atoms with Crippen LogP contribution in [0.5, 0.6) is 5.75 Å². The molecule has 3 heteroatoms. The second-order valence-corrected chi connectivity index (χ2v) is 4.50. The van der Waals surface area contributed by atoms with Crippen LogP contribution in [0.4, 0.5) is 0 Å². The summed E-state index contributed by atoms with van der Waals surface area (Å²) in [5.74, 6) is 0.899. The third kappa shape index (κ3) is 2.95. The van der Waals surface area contributed by atoms with Crippen LogP contribution in [0.15, 0.2) is 12.1 Å². The second-order valence-electron chi connectivity index (χ2n) is 4.50. The maximum atomic E-state index is 5.24. The average Bonchev–Trinajstić information content (AvgIpc) is 2.78. The fourth-order valence-electron chi connectivity index (χ4n) is 2.29. The van der Waals surface area contributed by atoms with E-state index in [0.717, 1.165) is 23.7 Å². The third-order valence-corrected chi connectivity index (χ3v) is 3.14. The first-order chi connectivity index (χ1) is 7.78. The van der Waals surface area contributed by atoms with Crippen molar-refractivity contribution in [2.24, 2.45) is 0 Å². The molecule has 1 aliphatic rings. The number of methoxy groups -OCH3 is 1. The smallest absolute Gasteiger partial charge is 0.122 e. The Bertz CT molecular complexity index is 346. The van der Waals surface area contributed by atoms with E-state index >= 15 is 0 Å². The molecular weight excluding hydrogens is 200 g/mol. The van der Waals surface area contributed by atoms with Gasteiger partial charge in [0.25, 0.3) is 0 Å². The second kappa shape index (κ2) is 5.30. The maximum Gasteiger partial charge on any atom is 0.122 e. The zero-order valence-corrected chi connectivity index (χ0v) is 10.1. The maximum absolute atomic E-state index is 5.24. The van der Waals surface area contributed by atoms with Crippen molar-refractivity contribution in [2.45, 2.75) is 45.2 Å². The van der Waals surface area contributed by atoms with Gasteiger partial charge in [0.2, 0.25) is 0 Å². The Morgan fingerprint density at radius 1 is 1.38 bits per heavy atom. The minimum Gasteiger partial charge on any atom is -0.497 e. The molecule has 0 unspecified atom stereocenters. The summed E-state index contributed by atoms with van der Waals surface area (Å²) in [6.45, 7) is 2.85. The van der Waals surface area contributed by atoms with Gasteiger partial charge in [0.05, 0.1) is 12.8 Å². The van der Waals surface area contributed by atoms with E-state index in [0.29, 0.717) is 6.04 Å². The molecule has 0 saturated heterocycles. The lowest BCUT2D eigenvalue weighted by molar-refractivity contribution is 0.412. The van der Waals surface area contributed by atoms with Crippen molar-refractivity contribution in [1.29, 1.82) is 0 Å². The lowest BCUT2D eigenvalue weighted by Gasteiger charge is -2.12. The molecule has 1 saturated carbocycles. The Kier molecular flexibility index (Phi) is 3.78. The number of nitrogens with one attached hydrogen (secondary N) is 1. The summed E-state index contributed by atoms with van der Waals surface area (Å²) < 4.78 is 5.24. The molecule has 3 nitrogen and oxygen atoms in total. The van der Waals surface area contributed by atoms with Crippen molar-refractivity contribution < 1.29 is 4.74 Å². The first-order valence-corrected chi connectivity index (χ1v) is 6.03. The van der Waals surface area contributed by atoms with Gasteiger partial charge in [-0.3, -0.25) is 4.98 Å². The van der Waals surface area contributed by atoms with Gasteiger partial charge in [0, 0.05) is 30.4 Å². The Balaban J connectivity index is 1.94. The molecule has 1 aromatic heterocycles. The van der Waals surface area contributed by atoms with E-state index in [1.807, 2.05) is 19.1 Å². The van der Waals surface area contributed by atoms with Gasteiger partial charge >= 0.3 is 0 Å². The van der Waals surface area contributed by atoms with Gasteiger partial charge in [-0.1, -0.05) is 12.8 Å². The average molecular weight is 220 g/mol. The highest BCUT2D eigenvalue weighted by molar-refractivity contribution is 5.26. The molecule has 0 amide bonds. The molecule has 0 atom stereocenters. The van der Waals surface area contributed by atoms with Crippen LogP contribution in [-0.4, -0.2) is 18.1 Å². The standard InChI is InChI=1S/C13H20N2O/c1-10-7-13(16-2)8-12(15-10)9-14-11-5-3-4-6-11/h7-8,11,14H,3-6,9H2,1-2H3. The van der Waals surface area contributed by atoms with Gasteiger partial charge in [-0.05, 0) is 19.8 Å². The predicted octanol–water partition coefficient (Wildman–Crippen LogP) is 2.43. The fourth-order valence-corrected chi connectivity index (χ4v) is 2.29. The number of ether oxygens (including phenoxy) is 1.